The molecule has 0 amide bonds. The van der Waals surface area contributed by atoms with Crippen LogP contribution in [0.2, 0.25) is 5.02 Å². The molecule has 22 heavy (non-hydrogen) atoms. The van der Waals surface area contributed by atoms with E-state index in [2.05, 4.69) is 5.16 Å². The normalized spacial score (nSPS) is 10.6. The van der Waals surface area contributed by atoms with E-state index in [1.165, 1.54) is 0 Å². The Morgan fingerprint density at radius 1 is 1.14 bits per heavy atom. The van der Waals surface area contributed by atoms with Crippen LogP contribution in [-0.2, 0) is 0 Å². The van der Waals surface area contributed by atoms with Crippen LogP contribution in [0.25, 0.3) is 22.5 Å². The summed E-state index contributed by atoms with van der Waals surface area (Å²) in [5.41, 5.74) is 2.26. The number of hydrogen-bond donors (Lipinski definition) is 1. The van der Waals surface area contributed by atoms with Crippen LogP contribution in [0.4, 0.5) is 0 Å². The highest BCUT2D eigenvalue weighted by molar-refractivity contribution is 6.30. The molecule has 0 saturated heterocycles. The molecular weight excluding hydrogens is 302 g/mol. The first-order valence-electron chi connectivity index (χ1n) is 6.86. The summed E-state index contributed by atoms with van der Waals surface area (Å²) in [6, 6.07) is 12.4. The number of hydrogen-bond acceptors (Lipinski definition) is 4. The first kappa shape index (κ1) is 14.5. The van der Waals surface area contributed by atoms with Gasteiger partial charge in [0.1, 0.15) is 11.5 Å². The lowest BCUT2D eigenvalue weighted by Gasteiger charge is -2.07. The molecule has 3 aromatic rings. The Bertz CT molecular complexity index is 781. The smallest absolute Gasteiger partial charge is 0.178 e. The van der Waals surface area contributed by atoms with Crippen molar-refractivity contribution < 1.29 is 14.4 Å². The van der Waals surface area contributed by atoms with Gasteiger partial charge in [-0.05, 0) is 36.8 Å². The first-order valence-corrected chi connectivity index (χ1v) is 7.23. The van der Waals surface area contributed by atoms with Gasteiger partial charge in [-0.15, -0.1) is 0 Å². The van der Waals surface area contributed by atoms with Crippen LogP contribution in [0.3, 0.4) is 0 Å². The van der Waals surface area contributed by atoms with Crippen LogP contribution in [0.1, 0.15) is 6.92 Å². The minimum Gasteiger partial charge on any atom is -0.507 e. The van der Waals surface area contributed by atoms with Crippen LogP contribution in [-0.4, -0.2) is 16.9 Å². The zero-order chi connectivity index (χ0) is 15.5. The predicted octanol–water partition coefficient (Wildman–Crippen LogP) is 4.77. The molecule has 0 aliphatic carbocycles. The Balaban J connectivity index is 2.03. The maximum atomic E-state index is 10.2. The average Bonchev–Trinajstić information content (AvgIpc) is 2.98. The summed E-state index contributed by atoms with van der Waals surface area (Å²) in [6.07, 6.45) is 1.62. The van der Waals surface area contributed by atoms with E-state index in [0.717, 1.165) is 11.1 Å². The second-order valence-corrected chi connectivity index (χ2v) is 5.12. The van der Waals surface area contributed by atoms with Crippen LogP contribution < -0.4 is 4.74 Å². The molecule has 0 saturated carbocycles. The molecule has 3 rings (SSSR count). The molecule has 4 nitrogen and oxygen atoms in total. The summed E-state index contributed by atoms with van der Waals surface area (Å²) in [5.74, 6) is 1.19. The zero-order valence-corrected chi connectivity index (χ0v) is 12.7. The van der Waals surface area contributed by atoms with Crippen molar-refractivity contribution in [1.82, 2.24) is 5.16 Å². The minimum atomic E-state index is 0.0814. The molecule has 1 N–H and O–H groups in total. The third kappa shape index (κ3) is 2.78. The Hall–Kier alpha value is -2.46. The molecule has 0 radical (unpaired) electrons. The maximum Gasteiger partial charge on any atom is 0.178 e. The molecule has 5 heteroatoms. The van der Waals surface area contributed by atoms with Crippen molar-refractivity contribution in [3.05, 3.63) is 53.7 Å². The van der Waals surface area contributed by atoms with Gasteiger partial charge in [0.2, 0.25) is 0 Å². The van der Waals surface area contributed by atoms with Gasteiger partial charge < -0.3 is 14.4 Å². The van der Waals surface area contributed by atoms with Crippen molar-refractivity contribution in [2.75, 3.05) is 6.61 Å². The molecule has 112 valence electrons. The summed E-state index contributed by atoms with van der Waals surface area (Å²) >= 11 is 5.91. The molecule has 0 spiro atoms. The van der Waals surface area contributed by atoms with E-state index in [1.54, 1.807) is 36.5 Å². The quantitative estimate of drug-likeness (QED) is 0.753. The Morgan fingerprint density at radius 3 is 2.59 bits per heavy atom. The number of ether oxygens (including phenoxy) is 1. The fraction of sp³-hybridized carbons (Fsp3) is 0.118. The maximum absolute atomic E-state index is 10.2. The first-order chi connectivity index (χ1) is 10.7. The third-order valence-corrected chi connectivity index (χ3v) is 3.50. The second-order valence-electron chi connectivity index (χ2n) is 4.69. The zero-order valence-electron chi connectivity index (χ0n) is 11.9. The second kappa shape index (κ2) is 6.12. The van der Waals surface area contributed by atoms with E-state index in [4.69, 9.17) is 20.9 Å². The standard InChI is InChI=1S/C17H14ClNO3/c1-2-21-13-7-8-14(16(20)9-13)17-15(10-19-22-17)11-3-5-12(18)6-4-11/h3-10,20H,2H2,1H3. The molecule has 0 bridgehead atoms. The number of halogens is 1. The molecule has 1 heterocycles. The van der Waals surface area contributed by atoms with E-state index in [0.29, 0.717) is 28.7 Å². The number of nitrogens with zero attached hydrogens (tertiary/aromatic N) is 1. The van der Waals surface area contributed by atoms with E-state index < -0.39 is 0 Å². The van der Waals surface area contributed by atoms with Crippen LogP contribution in [0.5, 0.6) is 11.5 Å². The molecule has 0 aliphatic rings. The fourth-order valence-corrected chi connectivity index (χ4v) is 2.35. The van der Waals surface area contributed by atoms with Crippen molar-refractivity contribution in [2.45, 2.75) is 6.92 Å². The topological polar surface area (TPSA) is 55.5 Å². The number of aromatic nitrogens is 1. The van der Waals surface area contributed by atoms with Crippen molar-refractivity contribution >= 4 is 11.6 Å². The Kier molecular flexibility index (Phi) is 4.02. The minimum absolute atomic E-state index is 0.0814. The highest BCUT2D eigenvalue weighted by atomic mass is 35.5. The summed E-state index contributed by atoms with van der Waals surface area (Å²) in [7, 11) is 0. The van der Waals surface area contributed by atoms with Crippen molar-refractivity contribution in [2.24, 2.45) is 0 Å². The third-order valence-electron chi connectivity index (χ3n) is 3.25. The van der Waals surface area contributed by atoms with Crippen LogP contribution in [0, 0.1) is 0 Å². The molecule has 2 aromatic carbocycles. The van der Waals surface area contributed by atoms with Gasteiger partial charge in [-0.3, -0.25) is 0 Å². The van der Waals surface area contributed by atoms with E-state index in [9.17, 15) is 5.11 Å². The molecule has 1 aromatic heterocycles. The summed E-state index contributed by atoms with van der Waals surface area (Å²) < 4.78 is 10.7. The number of benzene rings is 2. The molecular formula is C17H14ClNO3. The lowest BCUT2D eigenvalue weighted by atomic mass is 10.0. The molecule has 0 atom stereocenters. The average molecular weight is 316 g/mol. The van der Waals surface area contributed by atoms with E-state index in [-0.39, 0.29) is 5.75 Å². The summed E-state index contributed by atoms with van der Waals surface area (Å²) in [6.45, 7) is 2.43. The highest BCUT2D eigenvalue weighted by Crippen LogP contribution is 2.38. The van der Waals surface area contributed by atoms with Gasteiger partial charge in [0.25, 0.3) is 0 Å². The largest absolute Gasteiger partial charge is 0.507 e. The van der Waals surface area contributed by atoms with Gasteiger partial charge in [-0.2, -0.15) is 0 Å². The van der Waals surface area contributed by atoms with Gasteiger partial charge in [0.15, 0.2) is 5.76 Å². The predicted molar refractivity (Wildman–Crippen MR) is 85.2 cm³/mol. The van der Waals surface area contributed by atoms with E-state index >= 15 is 0 Å². The number of phenolic OH excluding ortho intramolecular Hbond substituents is 1. The van der Waals surface area contributed by atoms with Gasteiger partial charge in [-0.1, -0.05) is 28.9 Å². The molecule has 0 aliphatic heterocycles. The summed E-state index contributed by atoms with van der Waals surface area (Å²) in [5, 5.41) is 14.7. The molecule has 0 fully saturated rings. The highest BCUT2D eigenvalue weighted by Gasteiger charge is 2.16. The van der Waals surface area contributed by atoms with Crippen molar-refractivity contribution in [1.29, 1.82) is 0 Å². The summed E-state index contributed by atoms with van der Waals surface area (Å²) in [4.78, 5) is 0. The van der Waals surface area contributed by atoms with Crippen molar-refractivity contribution in [3.8, 4) is 33.9 Å². The SMILES string of the molecule is CCOc1ccc(-c2oncc2-c2ccc(Cl)cc2)c(O)c1. The van der Waals surface area contributed by atoms with Crippen molar-refractivity contribution in [3.63, 3.8) is 0 Å². The number of phenols is 1. The van der Waals surface area contributed by atoms with Gasteiger partial charge in [0, 0.05) is 16.7 Å². The van der Waals surface area contributed by atoms with Gasteiger partial charge >= 0.3 is 0 Å². The molecule has 0 unspecified atom stereocenters. The monoisotopic (exact) mass is 315 g/mol. The van der Waals surface area contributed by atoms with Crippen LogP contribution >= 0.6 is 11.6 Å². The van der Waals surface area contributed by atoms with Crippen LogP contribution in [0.15, 0.2) is 53.2 Å². The van der Waals surface area contributed by atoms with E-state index in [1.807, 2.05) is 19.1 Å². The lowest BCUT2D eigenvalue weighted by Crippen LogP contribution is -1.91. The Labute approximate surface area is 132 Å². The van der Waals surface area contributed by atoms with Gasteiger partial charge in [-0.25, -0.2) is 0 Å². The van der Waals surface area contributed by atoms with Gasteiger partial charge in [0.05, 0.1) is 18.4 Å². The number of aromatic hydroxyl groups is 1. The lowest BCUT2D eigenvalue weighted by molar-refractivity contribution is 0.337. The fourth-order valence-electron chi connectivity index (χ4n) is 2.23. The Morgan fingerprint density at radius 2 is 1.91 bits per heavy atom. The number of rotatable bonds is 4.